The van der Waals surface area contributed by atoms with Gasteiger partial charge in [-0.25, -0.2) is 4.79 Å². The molecule has 0 N–H and O–H groups in total. The van der Waals surface area contributed by atoms with Crippen molar-refractivity contribution in [3.8, 4) is 0 Å². The van der Waals surface area contributed by atoms with Gasteiger partial charge in [0.25, 0.3) is 5.69 Å². The van der Waals surface area contributed by atoms with E-state index < -0.39 is 10.9 Å². The Morgan fingerprint density at radius 1 is 0.923 bits per heavy atom. The third kappa shape index (κ3) is 4.69. The number of nitro benzene ring substituents is 1. The fourth-order valence-electron chi connectivity index (χ4n) is 3.16. The molecule has 0 aliphatic carbocycles. The predicted molar refractivity (Wildman–Crippen MR) is 101 cm³/mol. The van der Waals surface area contributed by atoms with E-state index in [1.807, 2.05) is 32.0 Å². The molecule has 0 aliphatic rings. The molecule has 0 bridgehead atoms. The molecular formula is C21H25NO4. The van der Waals surface area contributed by atoms with Gasteiger partial charge < -0.3 is 4.74 Å². The highest BCUT2D eigenvalue weighted by Gasteiger charge is 2.32. The van der Waals surface area contributed by atoms with Gasteiger partial charge in [0.1, 0.15) is 6.10 Å². The molecule has 2 aromatic carbocycles. The highest BCUT2D eigenvalue weighted by Crippen LogP contribution is 2.34. The molecule has 2 rings (SSSR count). The number of carbonyl (C=O) groups is 1. The molecule has 0 unspecified atom stereocenters. The standard InChI is InChI=1S/C21H25NO4/c1-14(2)19(16-8-6-5-7-9-16)20(15(3)4)26-21(23)17-10-12-18(13-11-17)22(24)25/h5-15,19-20H,1-4H3/t19-,20-/m1/s1. The molecule has 26 heavy (non-hydrogen) atoms. The lowest BCUT2D eigenvalue weighted by Gasteiger charge is -2.33. The van der Waals surface area contributed by atoms with Crippen LogP contribution in [0.1, 0.15) is 49.5 Å². The molecule has 0 spiro atoms. The zero-order valence-electron chi connectivity index (χ0n) is 15.6. The third-order valence-electron chi connectivity index (χ3n) is 4.47. The minimum Gasteiger partial charge on any atom is -0.458 e. The molecule has 2 aromatic rings. The SMILES string of the molecule is CC(C)[C@@H](OC(=O)c1ccc([N+](=O)[O-])cc1)[C@@H](c1ccccc1)C(C)C. The third-order valence-corrected chi connectivity index (χ3v) is 4.47. The molecule has 0 aliphatic heterocycles. The van der Waals surface area contributed by atoms with Crippen LogP contribution < -0.4 is 0 Å². The number of esters is 1. The number of non-ortho nitro benzene ring substituents is 1. The van der Waals surface area contributed by atoms with Gasteiger partial charge >= 0.3 is 5.97 Å². The van der Waals surface area contributed by atoms with E-state index >= 15 is 0 Å². The van der Waals surface area contributed by atoms with E-state index in [9.17, 15) is 14.9 Å². The Morgan fingerprint density at radius 2 is 1.50 bits per heavy atom. The summed E-state index contributed by atoms with van der Waals surface area (Å²) in [6.07, 6.45) is -0.292. The lowest BCUT2D eigenvalue weighted by Crippen LogP contribution is -2.33. The van der Waals surface area contributed by atoms with Gasteiger partial charge in [0.05, 0.1) is 10.5 Å². The molecule has 0 heterocycles. The van der Waals surface area contributed by atoms with Gasteiger partial charge in [-0.2, -0.15) is 0 Å². The van der Waals surface area contributed by atoms with Crippen molar-refractivity contribution in [2.75, 3.05) is 0 Å². The monoisotopic (exact) mass is 355 g/mol. The summed E-state index contributed by atoms with van der Waals surface area (Å²) in [6.45, 7) is 8.30. The van der Waals surface area contributed by atoms with Crippen LogP contribution in [0.4, 0.5) is 5.69 Å². The molecule has 5 heteroatoms. The smallest absolute Gasteiger partial charge is 0.338 e. The average molecular weight is 355 g/mol. The Labute approximate surface area is 154 Å². The van der Waals surface area contributed by atoms with Crippen molar-refractivity contribution in [1.82, 2.24) is 0 Å². The minimum absolute atomic E-state index is 0.0497. The lowest BCUT2D eigenvalue weighted by molar-refractivity contribution is -0.384. The Bertz CT molecular complexity index is 738. The van der Waals surface area contributed by atoms with Gasteiger partial charge in [-0.3, -0.25) is 10.1 Å². The van der Waals surface area contributed by atoms with Crippen molar-refractivity contribution < 1.29 is 14.5 Å². The number of ether oxygens (including phenoxy) is 1. The first-order valence-electron chi connectivity index (χ1n) is 8.81. The number of hydrogen-bond donors (Lipinski definition) is 0. The van der Waals surface area contributed by atoms with Crippen LogP contribution in [0.25, 0.3) is 0 Å². The summed E-state index contributed by atoms with van der Waals surface area (Å²) in [5, 5.41) is 10.8. The van der Waals surface area contributed by atoms with Gasteiger partial charge in [-0.1, -0.05) is 58.0 Å². The van der Waals surface area contributed by atoms with E-state index in [0.717, 1.165) is 5.56 Å². The maximum absolute atomic E-state index is 12.6. The summed E-state index contributed by atoms with van der Waals surface area (Å²) in [4.78, 5) is 22.9. The fraction of sp³-hybridized carbons (Fsp3) is 0.381. The molecule has 0 saturated carbocycles. The van der Waals surface area contributed by atoms with Crippen LogP contribution in [-0.2, 0) is 4.74 Å². The summed E-state index contributed by atoms with van der Waals surface area (Å²) in [7, 11) is 0. The Hall–Kier alpha value is -2.69. The number of nitro groups is 1. The van der Waals surface area contributed by atoms with Gasteiger partial charge in [0, 0.05) is 18.1 Å². The molecule has 0 amide bonds. The first-order valence-corrected chi connectivity index (χ1v) is 8.81. The van der Waals surface area contributed by atoms with Crippen LogP contribution in [0.2, 0.25) is 0 Å². The number of nitrogens with zero attached hydrogens (tertiary/aromatic N) is 1. The lowest BCUT2D eigenvalue weighted by atomic mass is 9.79. The predicted octanol–water partition coefficient (Wildman–Crippen LogP) is 5.22. The number of rotatable bonds is 7. The van der Waals surface area contributed by atoms with Gasteiger partial charge in [0.15, 0.2) is 0 Å². The molecule has 0 fully saturated rings. The quantitative estimate of drug-likeness (QED) is 0.388. The van der Waals surface area contributed by atoms with Crippen LogP contribution in [-0.4, -0.2) is 17.0 Å². The van der Waals surface area contributed by atoms with Crippen molar-refractivity contribution in [2.24, 2.45) is 11.8 Å². The molecule has 2 atom stereocenters. The van der Waals surface area contributed by atoms with E-state index in [1.54, 1.807) is 0 Å². The second kappa shape index (κ2) is 8.61. The second-order valence-corrected chi connectivity index (χ2v) is 7.10. The van der Waals surface area contributed by atoms with E-state index in [4.69, 9.17) is 4.74 Å². The highest BCUT2D eigenvalue weighted by molar-refractivity contribution is 5.89. The van der Waals surface area contributed by atoms with Crippen LogP contribution in [0.3, 0.4) is 0 Å². The van der Waals surface area contributed by atoms with Gasteiger partial charge in [-0.05, 0) is 29.5 Å². The van der Waals surface area contributed by atoms with Crippen molar-refractivity contribution >= 4 is 11.7 Å². The van der Waals surface area contributed by atoms with E-state index in [-0.39, 0.29) is 29.5 Å². The molecule has 138 valence electrons. The zero-order valence-corrected chi connectivity index (χ0v) is 15.6. The Balaban J connectivity index is 2.26. The number of carbonyl (C=O) groups excluding carboxylic acids is 1. The van der Waals surface area contributed by atoms with Crippen molar-refractivity contribution in [3.05, 3.63) is 75.8 Å². The second-order valence-electron chi connectivity index (χ2n) is 7.10. The number of benzene rings is 2. The first-order chi connectivity index (χ1) is 12.3. The fourth-order valence-corrected chi connectivity index (χ4v) is 3.16. The summed E-state index contributed by atoms with van der Waals surface area (Å²) in [5.41, 5.74) is 1.40. The highest BCUT2D eigenvalue weighted by atomic mass is 16.6. The van der Waals surface area contributed by atoms with Gasteiger partial charge in [0.2, 0.25) is 0 Å². The topological polar surface area (TPSA) is 69.4 Å². The maximum Gasteiger partial charge on any atom is 0.338 e. The Morgan fingerprint density at radius 3 is 1.96 bits per heavy atom. The zero-order chi connectivity index (χ0) is 19.3. The van der Waals surface area contributed by atoms with Crippen LogP contribution >= 0.6 is 0 Å². The van der Waals surface area contributed by atoms with Crippen LogP contribution in [0, 0.1) is 22.0 Å². The molecule has 0 aromatic heterocycles. The molecule has 0 saturated heterocycles. The Kier molecular flexibility index (Phi) is 6.50. The minimum atomic E-state index is -0.490. The van der Waals surface area contributed by atoms with Crippen LogP contribution in [0.15, 0.2) is 54.6 Å². The summed E-state index contributed by atoms with van der Waals surface area (Å²) in [5.74, 6) is 0.0254. The number of hydrogen-bond acceptors (Lipinski definition) is 4. The first kappa shape index (κ1) is 19.6. The average Bonchev–Trinajstić information content (AvgIpc) is 2.61. The van der Waals surface area contributed by atoms with Gasteiger partial charge in [-0.15, -0.1) is 0 Å². The van der Waals surface area contributed by atoms with Crippen molar-refractivity contribution in [3.63, 3.8) is 0 Å². The molecule has 5 nitrogen and oxygen atoms in total. The normalized spacial score (nSPS) is 13.5. The molecular weight excluding hydrogens is 330 g/mol. The summed E-state index contributed by atoms with van der Waals surface area (Å²) < 4.78 is 5.87. The van der Waals surface area contributed by atoms with Crippen molar-refractivity contribution in [1.29, 1.82) is 0 Å². The van der Waals surface area contributed by atoms with Crippen LogP contribution in [0.5, 0.6) is 0 Å². The largest absolute Gasteiger partial charge is 0.458 e. The molecule has 0 radical (unpaired) electrons. The summed E-state index contributed by atoms with van der Waals surface area (Å²) in [6, 6.07) is 15.6. The van der Waals surface area contributed by atoms with E-state index in [0.29, 0.717) is 5.56 Å². The van der Waals surface area contributed by atoms with E-state index in [2.05, 4.69) is 26.0 Å². The van der Waals surface area contributed by atoms with E-state index in [1.165, 1.54) is 24.3 Å². The maximum atomic E-state index is 12.6. The van der Waals surface area contributed by atoms with Crippen molar-refractivity contribution in [2.45, 2.75) is 39.7 Å². The summed E-state index contributed by atoms with van der Waals surface area (Å²) >= 11 is 0.